The van der Waals surface area contributed by atoms with Gasteiger partial charge in [-0.2, -0.15) is 0 Å². The fourth-order valence-corrected chi connectivity index (χ4v) is 1.15. The number of anilines is 1. The van der Waals surface area contributed by atoms with E-state index >= 15 is 0 Å². The zero-order chi connectivity index (χ0) is 12.7. The van der Waals surface area contributed by atoms with Gasteiger partial charge in [0.1, 0.15) is 12.2 Å². The van der Waals surface area contributed by atoms with Crippen LogP contribution in [0.25, 0.3) is 0 Å². The third-order valence-corrected chi connectivity index (χ3v) is 1.98. The van der Waals surface area contributed by atoms with Crippen LogP contribution in [0.5, 0.6) is 0 Å². The molecule has 4 heteroatoms. The molecular formula is C13H16N2O2. The smallest absolute Gasteiger partial charge is 0.317 e. The predicted molar refractivity (Wildman–Crippen MR) is 66.7 cm³/mol. The number of ether oxygens (including phenoxy) is 1. The summed E-state index contributed by atoms with van der Waals surface area (Å²) in [5, 5.41) is 0. The second kappa shape index (κ2) is 6.54. The Morgan fingerprint density at radius 2 is 2.24 bits per heavy atom. The van der Waals surface area contributed by atoms with E-state index in [0.717, 1.165) is 11.4 Å². The van der Waals surface area contributed by atoms with Crippen molar-refractivity contribution in [2.75, 3.05) is 25.6 Å². The van der Waals surface area contributed by atoms with Gasteiger partial charge < -0.3 is 9.64 Å². The van der Waals surface area contributed by atoms with Crippen LogP contribution in [0.4, 0.5) is 5.82 Å². The maximum atomic E-state index is 11.0. The normalized spacial score (nSPS) is 9.12. The van der Waals surface area contributed by atoms with Crippen LogP contribution in [0.1, 0.15) is 18.9 Å². The molecule has 0 fully saturated rings. The highest BCUT2D eigenvalue weighted by atomic mass is 16.5. The van der Waals surface area contributed by atoms with Crippen molar-refractivity contribution in [2.24, 2.45) is 0 Å². The van der Waals surface area contributed by atoms with E-state index in [9.17, 15) is 4.79 Å². The van der Waals surface area contributed by atoms with E-state index in [1.165, 1.54) is 0 Å². The van der Waals surface area contributed by atoms with E-state index in [1.54, 1.807) is 13.1 Å². The maximum absolute atomic E-state index is 11.0. The number of hydrogen-bond acceptors (Lipinski definition) is 4. The number of carbonyl (C=O) groups is 1. The number of esters is 1. The van der Waals surface area contributed by atoms with Crippen LogP contribution in [0.3, 0.4) is 0 Å². The van der Waals surface area contributed by atoms with Crippen LogP contribution in [0, 0.1) is 11.8 Å². The van der Waals surface area contributed by atoms with Crippen molar-refractivity contribution in [2.45, 2.75) is 13.3 Å². The summed E-state index contributed by atoms with van der Waals surface area (Å²) >= 11 is 0. The summed E-state index contributed by atoms with van der Waals surface area (Å²) in [7, 11) is 3.85. The Balaban J connectivity index is 2.57. The molecule has 0 bridgehead atoms. The van der Waals surface area contributed by atoms with Crippen LogP contribution in [0.2, 0.25) is 0 Å². The molecule has 90 valence electrons. The standard InChI is InChI=1S/C13H16N2O2/c1-4-17-13(16)7-5-6-11-8-9-12(14-10-11)15(2)3/h8-10H,4,7H2,1-3H3. The zero-order valence-corrected chi connectivity index (χ0v) is 10.4. The molecule has 0 amide bonds. The number of rotatable bonds is 3. The van der Waals surface area contributed by atoms with E-state index < -0.39 is 0 Å². The van der Waals surface area contributed by atoms with Crippen LogP contribution in [-0.4, -0.2) is 31.7 Å². The third kappa shape index (κ3) is 4.56. The van der Waals surface area contributed by atoms with Crippen molar-refractivity contribution in [3.05, 3.63) is 23.9 Å². The lowest BCUT2D eigenvalue weighted by Gasteiger charge is -2.09. The average molecular weight is 232 g/mol. The summed E-state index contributed by atoms with van der Waals surface area (Å²) in [5.41, 5.74) is 0.792. The Bertz CT molecular complexity index is 427. The van der Waals surface area contributed by atoms with Gasteiger partial charge in [0.05, 0.1) is 6.61 Å². The summed E-state index contributed by atoms with van der Waals surface area (Å²) in [5.74, 6) is 6.21. The fraction of sp³-hybridized carbons (Fsp3) is 0.385. The van der Waals surface area contributed by atoms with E-state index in [-0.39, 0.29) is 12.4 Å². The summed E-state index contributed by atoms with van der Waals surface area (Å²) in [6.45, 7) is 2.16. The van der Waals surface area contributed by atoms with Gasteiger partial charge in [0.15, 0.2) is 0 Å². The van der Waals surface area contributed by atoms with Crippen molar-refractivity contribution in [3.8, 4) is 11.8 Å². The number of aromatic nitrogens is 1. The molecule has 1 rings (SSSR count). The summed E-state index contributed by atoms with van der Waals surface area (Å²) in [6.07, 6.45) is 1.80. The molecule has 0 atom stereocenters. The van der Waals surface area contributed by atoms with Gasteiger partial charge in [0.2, 0.25) is 0 Å². The molecule has 1 aromatic rings. The van der Waals surface area contributed by atoms with Gasteiger partial charge in [-0.25, -0.2) is 4.98 Å². The lowest BCUT2D eigenvalue weighted by atomic mass is 10.2. The molecule has 0 aromatic carbocycles. The molecule has 17 heavy (non-hydrogen) atoms. The first-order chi connectivity index (χ1) is 8.13. The molecule has 4 nitrogen and oxygen atoms in total. The van der Waals surface area contributed by atoms with Gasteiger partial charge in [0.25, 0.3) is 0 Å². The van der Waals surface area contributed by atoms with Crippen LogP contribution >= 0.6 is 0 Å². The molecule has 0 aliphatic rings. The van der Waals surface area contributed by atoms with Crippen molar-refractivity contribution in [1.82, 2.24) is 4.98 Å². The molecule has 1 heterocycles. The Kier molecular flexibility index (Phi) is 5.02. The topological polar surface area (TPSA) is 42.4 Å². The zero-order valence-electron chi connectivity index (χ0n) is 10.4. The van der Waals surface area contributed by atoms with Gasteiger partial charge in [-0.3, -0.25) is 4.79 Å². The highest BCUT2D eigenvalue weighted by molar-refractivity contribution is 5.72. The first-order valence-electron chi connectivity index (χ1n) is 5.41. The second-order valence-electron chi connectivity index (χ2n) is 3.58. The van der Waals surface area contributed by atoms with E-state index in [4.69, 9.17) is 4.74 Å². The molecule has 0 unspecified atom stereocenters. The van der Waals surface area contributed by atoms with E-state index in [1.807, 2.05) is 31.1 Å². The molecule has 0 aliphatic heterocycles. The first kappa shape index (κ1) is 13.0. The molecule has 0 spiro atoms. The molecular weight excluding hydrogens is 216 g/mol. The quantitative estimate of drug-likeness (QED) is 0.584. The van der Waals surface area contributed by atoms with Crippen LogP contribution in [-0.2, 0) is 9.53 Å². The Morgan fingerprint density at radius 1 is 1.47 bits per heavy atom. The fourth-order valence-electron chi connectivity index (χ4n) is 1.15. The molecule has 0 saturated heterocycles. The Hall–Kier alpha value is -2.02. The van der Waals surface area contributed by atoms with Crippen molar-refractivity contribution in [3.63, 3.8) is 0 Å². The molecule has 0 aliphatic carbocycles. The van der Waals surface area contributed by atoms with Gasteiger partial charge in [0, 0.05) is 25.9 Å². The minimum Gasteiger partial charge on any atom is -0.465 e. The lowest BCUT2D eigenvalue weighted by molar-refractivity contribution is -0.141. The minimum atomic E-state index is -0.294. The van der Waals surface area contributed by atoms with E-state index in [0.29, 0.717) is 6.61 Å². The predicted octanol–water partition coefficient (Wildman–Crippen LogP) is 1.45. The average Bonchev–Trinajstić information content (AvgIpc) is 2.30. The summed E-state index contributed by atoms with van der Waals surface area (Å²) < 4.78 is 4.77. The summed E-state index contributed by atoms with van der Waals surface area (Å²) in [4.78, 5) is 17.2. The van der Waals surface area contributed by atoms with Crippen LogP contribution in [0.15, 0.2) is 18.3 Å². The maximum Gasteiger partial charge on any atom is 0.317 e. The van der Waals surface area contributed by atoms with Crippen molar-refractivity contribution >= 4 is 11.8 Å². The minimum absolute atomic E-state index is 0.114. The monoisotopic (exact) mass is 232 g/mol. The Morgan fingerprint density at radius 3 is 2.76 bits per heavy atom. The van der Waals surface area contributed by atoms with E-state index in [2.05, 4.69) is 16.8 Å². The second-order valence-corrected chi connectivity index (χ2v) is 3.58. The van der Waals surface area contributed by atoms with Crippen molar-refractivity contribution in [1.29, 1.82) is 0 Å². The van der Waals surface area contributed by atoms with Crippen LogP contribution < -0.4 is 4.90 Å². The highest BCUT2D eigenvalue weighted by Gasteiger charge is 1.97. The van der Waals surface area contributed by atoms with Gasteiger partial charge >= 0.3 is 5.97 Å². The van der Waals surface area contributed by atoms with Gasteiger partial charge in [-0.1, -0.05) is 11.8 Å². The molecule has 0 radical (unpaired) electrons. The SMILES string of the molecule is CCOC(=O)CC#Cc1ccc(N(C)C)nc1. The van der Waals surface area contributed by atoms with Gasteiger partial charge in [-0.05, 0) is 19.1 Å². The number of hydrogen-bond donors (Lipinski definition) is 0. The lowest BCUT2D eigenvalue weighted by Crippen LogP contribution is -2.10. The third-order valence-electron chi connectivity index (χ3n) is 1.98. The number of carbonyl (C=O) groups excluding carboxylic acids is 1. The highest BCUT2D eigenvalue weighted by Crippen LogP contribution is 2.06. The summed E-state index contributed by atoms with van der Waals surface area (Å²) in [6, 6.07) is 3.76. The molecule has 1 aromatic heterocycles. The number of pyridine rings is 1. The number of nitrogens with zero attached hydrogens (tertiary/aromatic N) is 2. The van der Waals surface area contributed by atoms with Crippen molar-refractivity contribution < 1.29 is 9.53 Å². The molecule has 0 saturated carbocycles. The Labute approximate surface area is 102 Å². The van der Waals surface area contributed by atoms with Gasteiger partial charge in [-0.15, -0.1) is 0 Å². The molecule has 0 N–H and O–H groups in total. The first-order valence-corrected chi connectivity index (χ1v) is 5.41. The largest absolute Gasteiger partial charge is 0.465 e.